The summed E-state index contributed by atoms with van der Waals surface area (Å²) in [6.45, 7) is 5.97. The van der Waals surface area contributed by atoms with Gasteiger partial charge in [-0.3, -0.25) is 9.78 Å². The molecule has 1 aliphatic heterocycles. The van der Waals surface area contributed by atoms with Crippen LogP contribution in [0.15, 0.2) is 48.8 Å². The van der Waals surface area contributed by atoms with E-state index in [4.69, 9.17) is 4.74 Å². The third-order valence-corrected chi connectivity index (χ3v) is 4.83. The minimum atomic E-state index is 0.0549. The van der Waals surface area contributed by atoms with Crippen LogP contribution in [0, 0.1) is 0 Å². The highest BCUT2D eigenvalue weighted by Gasteiger charge is 2.31. The number of likely N-dealkylation sites (tertiary alicyclic amines) is 1. The van der Waals surface area contributed by atoms with Crippen LogP contribution in [0.1, 0.15) is 43.2 Å². The first-order valence-corrected chi connectivity index (χ1v) is 8.58. The number of nitrogens with zero attached hydrogens (tertiary/aromatic N) is 2. The SMILES string of the molecule is CCC(C)c1ccccc1OCC(=O)N1CC(c2ccncc2)C1. The van der Waals surface area contributed by atoms with Gasteiger partial charge in [-0.1, -0.05) is 32.0 Å². The Morgan fingerprint density at radius 1 is 1.25 bits per heavy atom. The monoisotopic (exact) mass is 324 g/mol. The average molecular weight is 324 g/mol. The van der Waals surface area contributed by atoms with Gasteiger partial charge in [0.2, 0.25) is 0 Å². The van der Waals surface area contributed by atoms with Gasteiger partial charge in [0, 0.05) is 31.4 Å². The van der Waals surface area contributed by atoms with Crippen LogP contribution in [0.4, 0.5) is 0 Å². The van der Waals surface area contributed by atoms with E-state index in [0.29, 0.717) is 11.8 Å². The molecule has 1 aromatic heterocycles. The summed E-state index contributed by atoms with van der Waals surface area (Å²) in [6, 6.07) is 12.0. The summed E-state index contributed by atoms with van der Waals surface area (Å²) in [4.78, 5) is 18.2. The summed E-state index contributed by atoms with van der Waals surface area (Å²) in [5.74, 6) is 1.73. The standard InChI is InChI=1S/C20H24N2O2/c1-3-15(2)18-6-4-5-7-19(18)24-14-20(23)22-12-17(13-22)16-8-10-21-11-9-16/h4-11,15,17H,3,12-14H2,1-2H3. The Bertz CT molecular complexity index is 681. The number of aromatic nitrogens is 1. The third-order valence-electron chi connectivity index (χ3n) is 4.83. The molecule has 24 heavy (non-hydrogen) atoms. The van der Waals surface area contributed by atoms with Crippen molar-refractivity contribution in [2.45, 2.75) is 32.1 Å². The largest absolute Gasteiger partial charge is 0.483 e. The van der Waals surface area contributed by atoms with E-state index < -0.39 is 0 Å². The molecule has 0 spiro atoms. The molecule has 0 bridgehead atoms. The van der Waals surface area contributed by atoms with Crippen molar-refractivity contribution in [2.24, 2.45) is 0 Å². The molecule has 126 valence electrons. The zero-order chi connectivity index (χ0) is 16.9. The maximum Gasteiger partial charge on any atom is 0.260 e. The summed E-state index contributed by atoms with van der Waals surface area (Å²) in [6.07, 6.45) is 4.65. The van der Waals surface area contributed by atoms with Crippen molar-refractivity contribution in [3.05, 3.63) is 59.9 Å². The molecule has 0 saturated carbocycles. The molecule has 4 nitrogen and oxygen atoms in total. The fourth-order valence-corrected chi connectivity index (χ4v) is 3.00. The molecule has 3 rings (SSSR count). The number of para-hydroxylation sites is 1. The molecule has 2 aromatic rings. The molecule has 0 radical (unpaired) electrons. The van der Waals surface area contributed by atoms with Crippen molar-refractivity contribution >= 4 is 5.91 Å². The van der Waals surface area contributed by atoms with Gasteiger partial charge in [-0.2, -0.15) is 0 Å². The van der Waals surface area contributed by atoms with Crippen molar-refractivity contribution < 1.29 is 9.53 Å². The van der Waals surface area contributed by atoms with Crippen LogP contribution in [0.5, 0.6) is 5.75 Å². The summed E-state index contributed by atoms with van der Waals surface area (Å²) >= 11 is 0. The molecule has 1 saturated heterocycles. The molecule has 0 N–H and O–H groups in total. The summed E-state index contributed by atoms with van der Waals surface area (Å²) in [5.41, 5.74) is 2.42. The minimum Gasteiger partial charge on any atom is -0.483 e. The van der Waals surface area contributed by atoms with E-state index in [-0.39, 0.29) is 12.5 Å². The van der Waals surface area contributed by atoms with E-state index in [1.807, 2.05) is 35.2 Å². The first-order valence-electron chi connectivity index (χ1n) is 8.58. The highest BCUT2D eigenvalue weighted by molar-refractivity contribution is 5.79. The molecular weight excluding hydrogens is 300 g/mol. The number of carbonyl (C=O) groups excluding carboxylic acids is 1. The molecule has 1 atom stereocenters. The molecule has 1 aromatic carbocycles. The van der Waals surface area contributed by atoms with Crippen LogP contribution in [-0.2, 0) is 4.79 Å². The van der Waals surface area contributed by atoms with E-state index in [1.165, 1.54) is 11.1 Å². The number of pyridine rings is 1. The summed E-state index contributed by atoms with van der Waals surface area (Å²) < 4.78 is 5.82. The van der Waals surface area contributed by atoms with E-state index in [1.54, 1.807) is 12.4 Å². The smallest absolute Gasteiger partial charge is 0.260 e. The number of hydrogen-bond donors (Lipinski definition) is 0. The maximum absolute atomic E-state index is 12.3. The third kappa shape index (κ3) is 3.58. The lowest BCUT2D eigenvalue weighted by Crippen LogP contribution is -2.50. The number of hydrogen-bond acceptors (Lipinski definition) is 3. The van der Waals surface area contributed by atoms with Gasteiger partial charge in [0.25, 0.3) is 5.91 Å². The Morgan fingerprint density at radius 3 is 2.67 bits per heavy atom. The van der Waals surface area contributed by atoms with Crippen molar-refractivity contribution in [2.75, 3.05) is 19.7 Å². The first kappa shape index (κ1) is 16.5. The zero-order valence-electron chi connectivity index (χ0n) is 14.3. The Labute approximate surface area is 143 Å². The molecule has 1 fully saturated rings. The second-order valence-electron chi connectivity index (χ2n) is 6.41. The highest BCUT2D eigenvalue weighted by Crippen LogP contribution is 2.29. The number of benzene rings is 1. The second kappa shape index (κ2) is 7.47. The lowest BCUT2D eigenvalue weighted by atomic mass is 9.92. The van der Waals surface area contributed by atoms with Gasteiger partial charge in [0.05, 0.1) is 0 Å². The van der Waals surface area contributed by atoms with Crippen LogP contribution < -0.4 is 4.74 Å². The van der Waals surface area contributed by atoms with Gasteiger partial charge < -0.3 is 9.64 Å². The van der Waals surface area contributed by atoms with Crippen LogP contribution in [0.2, 0.25) is 0 Å². The van der Waals surface area contributed by atoms with Gasteiger partial charge in [-0.05, 0) is 41.7 Å². The Kier molecular flexibility index (Phi) is 5.14. The van der Waals surface area contributed by atoms with Crippen molar-refractivity contribution in [3.63, 3.8) is 0 Å². The second-order valence-corrected chi connectivity index (χ2v) is 6.41. The maximum atomic E-state index is 12.3. The van der Waals surface area contributed by atoms with E-state index >= 15 is 0 Å². The van der Waals surface area contributed by atoms with E-state index in [0.717, 1.165) is 25.3 Å². The van der Waals surface area contributed by atoms with Gasteiger partial charge in [-0.25, -0.2) is 0 Å². The zero-order valence-corrected chi connectivity index (χ0v) is 14.3. The lowest BCUT2D eigenvalue weighted by Gasteiger charge is -2.39. The number of rotatable bonds is 6. The molecule has 1 amide bonds. The van der Waals surface area contributed by atoms with Crippen molar-refractivity contribution in [1.29, 1.82) is 0 Å². The Balaban J connectivity index is 1.53. The van der Waals surface area contributed by atoms with Crippen molar-refractivity contribution in [3.8, 4) is 5.75 Å². The quantitative estimate of drug-likeness (QED) is 0.815. The Hall–Kier alpha value is -2.36. The fourth-order valence-electron chi connectivity index (χ4n) is 3.00. The Morgan fingerprint density at radius 2 is 1.96 bits per heavy atom. The molecule has 1 aliphatic rings. The van der Waals surface area contributed by atoms with Crippen LogP contribution >= 0.6 is 0 Å². The molecule has 2 heterocycles. The molecule has 0 aliphatic carbocycles. The molecule has 4 heteroatoms. The summed E-state index contributed by atoms with van der Waals surface area (Å²) in [5, 5.41) is 0. The van der Waals surface area contributed by atoms with Crippen molar-refractivity contribution in [1.82, 2.24) is 9.88 Å². The topological polar surface area (TPSA) is 42.4 Å². The molecular formula is C20H24N2O2. The average Bonchev–Trinajstić information content (AvgIpc) is 2.59. The van der Waals surface area contributed by atoms with Gasteiger partial charge in [-0.15, -0.1) is 0 Å². The van der Waals surface area contributed by atoms with Gasteiger partial charge in [0.15, 0.2) is 6.61 Å². The predicted octanol–water partition coefficient (Wildman–Crippen LogP) is 3.60. The van der Waals surface area contributed by atoms with Crippen LogP contribution in [-0.4, -0.2) is 35.5 Å². The van der Waals surface area contributed by atoms with Crippen LogP contribution in [0.25, 0.3) is 0 Å². The first-order chi connectivity index (χ1) is 11.7. The lowest BCUT2D eigenvalue weighted by molar-refractivity contribution is -0.137. The van der Waals surface area contributed by atoms with E-state index in [9.17, 15) is 4.79 Å². The van der Waals surface area contributed by atoms with Crippen LogP contribution in [0.3, 0.4) is 0 Å². The number of ether oxygens (including phenoxy) is 1. The summed E-state index contributed by atoms with van der Waals surface area (Å²) in [7, 11) is 0. The molecule has 1 unspecified atom stereocenters. The fraction of sp³-hybridized carbons (Fsp3) is 0.400. The number of amides is 1. The van der Waals surface area contributed by atoms with Gasteiger partial charge in [0.1, 0.15) is 5.75 Å². The predicted molar refractivity (Wildman–Crippen MR) is 94.2 cm³/mol. The normalized spacial score (nSPS) is 15.7. The minimum absolute atomic E-state index is 0.0549. The number of carbonyl (C=O) groups is 1. The van der Waals surface area contributed by atoms with E-state index in [2.05, 4.69) is 24.9 Å². The highest BCUT2D eigenvalue weighted by atomic mass is 16.5. The van der Waals surface area contributed by atoms with Gasteiger partial charge >= 0.3 is 0 Å².